The molecule has 0 radical (unpaired) electrons. The molecule has 0 amide bonds. The Labute approximate surface area is 130 Å². The summed E-state index contributed by atoms with van der Waals surface area (Å²) in [6, 6.07) is 3.41. The number of carbonyl (C=O) groups is 1. The summed E-state index contributed by atoms with van der Waals surface area (Å²) >= 11 is 3.43. The number of aromatic nitrogens is 2. The standard InChI is InChI=1S/C14H15BrN2O4/c1-7-5-8(15)12(20-3)13(21-4)11(7)10-6-9(14(18)19)16-17(10)2/h5-6H,1-4H3,(H,18,19). The van der Waals surface area contributed by atoms with Crippen LogP contribution in [0, 0.1) is 6.92 Å². The Morgan fingerprint density at radius 1 is 1.29 bits per heavy atom. The number of aromatic carboxylic acids is 1. The normalized spacial score (nSPS) is 10.5. The van der Waals surface area contributed by atoms with Crippen molar-refractivity contribution in [3.63, 3.8) is 0 Å². The quantitative estimate of drug-likeness (QED) is 0.913. The Kier molecular flexibility index (Phi) is 4.22. The zero-order valence-electron chi connectivity index (χ0n) is 12.1. The third kappa shape index (κ3) is 2.61. The number of aryl methyl sites for hydroxylation is 2. The second kappa shape index (κ2) is 5.77. The number of carboxylic acid groups (broad SMARTS) is 1. The van der Waals surface area contributed by atoms with Crippen molar-refractivity contribution in [1.82, 2.24) is 9.78 Å². The molecule has 1 heterocycles. The Balaban J connectivity index is 2.77. The average Bonchev–Trinajstić information content (AvgIpc) is 2.80. The molecule has 2 aromatic rings. The van der Waals surface area contributed by atoms with Gasteiger partial charge in [0.15, 0.2) is 17.2 Å². The molecule has 0 unspecified atom stereocenters. The fourth-order valence-electron chi connectivity index (χ4n) is 2.24. The number of rotatable bonds is 4. The predicted octanol–water partition coefficient (Wildman–Crippen LogP) is 2.87. The molecule has 1 N–H and O–H groups in total. The molecule has 0 aliphatic heterocycles. The van der Waals surface area contributed by atoms with Gasteiger partial charge in [0.2, 0.25) is 0 Å². The lowest BCUT2D eigenvalue weighted by Crippen LogP contribution is -2.01. The monoisotopic (exact) mass is 354 g/mol. The Hall–Kier alpha value is -2.02. The molecule has 6 nitrogen and oxygen atoms in total. The van der Waals surface area contributed by atoms with E-state index in [-0.39, 0.29) is 5.69 Å². The van der Waals surface area contributed by atoms with E-state index in [1.807, 2.05) is 13.0 Å². The summed E-state index contributed by atoms with van der Waals surface area (Å²) in [5.74, 6) is 0.0121. The van der Waals surface area contributed by atoms with Crippen molar-refractivity contribution in [3.05, 3.63) is 27.9 Å². The molecule has 0 fully saturated rings. The molecule has 0 aliphatic rings. The Morgan fingerprint density at radius 3 is 2.38 bits per heavy atom. The number of carboxylic acids is 1. The summed E-state index contributed by atoms with van der Waals surface area (Å²) in [5, 5.41) is 13.1. The van der Waals surface area contributed by atoms with E-state index in [9.17, 15) is 4.79 Å². The van der Waals surface area contributed by atoms with Crippen LogP contribution in [0.5, 0.6) is 11.5 Å². The van der Waals surface area contributed by atoms with Gasteiger partial charge in [-0.2, -0.15) is 5.10 Å². The van der Waals surface area contributed by atoms with Crippen LogP contribution in [0.2, 0.25) is 0 Å². The van der Waals surface area contributed by atoms with Crippen LogP contribution in [0.15, 0.2) is 16.6 Å². The van der Waals surface area contributed by atoms with E-state index in [2.05, 4.69) is 21.0 Å². The minimum Gasteiger partial charge on any atom is -0.492 e. The van der Waals surface area contributed by atoms with Crippen LogP contribution in [-0.2, 0) is 7.05 Å². The van der Waals surface area contributed by atoms with Gasteiger partial charge in [-0.25, -0.2) is 4.79 Å². The number of halogens is 1. The molecular formula is C14H15BrN2O4. The fourth-order valence-corrected chi connectivity index (χ4v) is 2.92. The molecule has 0 saturated heterocycles. The molecule has 21 heavy (non-hydrogen) atoms. The fraction of sp³-hybridized carbons (Fsp3) is 0.286. The predicted molar refractivity (Wildman–Crippen MR) is 81.1 cm³/mol. The van der Waals surface area contributed by atoms with Crippen molar-refractivity contribution in [2.75, 3.05) is 14.2 Å². The summed E-state index contributed by atoms with van der Waals surface area (Å²) in [5.41, 5.74) is 2.29. The molecule has 112 valence electrons. The van der Waals surface area contributed by atoms with Crippen LogP contribution in [0.25, 0.3) is 11.3 Å². The second-order valence-electron chi connectivity index (χ2n) is 4.46. The molecule has 0 spiro atoms. The first-order valence-corrected chi connectivity index (χ1v) is 6.88. The van der Waals surface area contributed by atoms with Gasteiger partial charge >= 0.3 is 5.97 Å². The van der Waals surface area contributed by atoms with Crippen LogP contribution in [0.3, 0.4) is 0 Å². The van der Waals surface area contributed by atoms with Crippen molar-refractivity contribution in [2.24, 2.45) is 7.05 Å². The van der Waals surface area contributed by atoms with E-state index >= 15 is 0 Å². The number of nitrogens with zero attached hydrogens (tertiary/aromatic N) is 2. The third-order valence-corrected chi connectivity index (χ3v) is 3.74. The van der Waals surface area contributed by atoms with E-state index in [0.29, 0.717) is 17.2 Å². The van der Waals surface area contributed by atoms with Gasteiger partial charge in [0.25, 0.3) is 0 Å². The molecule has 0 atom stereocenters. The van der Waals surface area contributed by atoms with Crippen molar-refractivity contribution in [2.45, 2.75) is 6.92 Å². The zero-order valence-corrected chi connectivity index (χ0v) is 13.7. The lowest BCUT2D eigenvalue weighted by atomic mass is 10.0. The molecule has 0 saturated carbocycles. The molecule has 7 heteroatoms. The highest BCUT2D eigenvalue weighted by atomic mass is 79.9. The van der Waals surface area contributed by atoms with Crippen molar-refractivity contribution < 1.29 is 19.4 Å². The van der Waals surface area contributed by atoms with Crippen LogP contribution in [0.1, 0.15) is 16.1 Å². The topological polar surface area (TPSA) is 73.6 Å². The van der Waals surface area contributed by atoms with Gasteiger partial charge in [-0.15, -0.1) is 0 Å². The summed E-state index contributed by atoms with van der Waals surface area (Å²) in [4.78, 5) is 11.1. The van der Waals surface area contributed by atoms with Gasteiger partial charge in [-0.3, -0.25) is 4.68 Å². The lowest BCUT2D eigenvalue weighted by Gasteiger charge is -2.16. The maximum atomic E-state index is 11.1. The van der Waals surface area contributed by atoms with E-state index in [0.717, 1.165) is 15.6 Å². The maximum Gasteiger partial charge on any atom is 0.356 e. The summed E-state index contributed by atoms with van der Waals surface area (Å²) < 4.78 is 13.1. The van der Waals surface area contributed by atoms with E-state index in [1.165, 1.54) is 10.7 Å². The Bertz CT molecular complexity index is 709. The number of methoxy groups -OCH3 is 2. The van der Waals surface area contributed by atoms with Crippen LogP contribution < -0.4 is 9.47 Å². The molecular weight excluding hydrogens is 340 g/mol. The molecule has 0 bridgehead atoms. The summed E-state index contributed by atoms with van der Waals surface area (Å²) in [7, 11) is 4.78. The van der Waals surface area contributed by atoms with Crippen molar-refractivity contribution in [1.29, 1.82) is 0 Å². The van der Waals surface area contributed by atoms with Gasteiger partial charge in [0.1, 0.15) is 0 Å². The van der Waals surface area contributed by atoms with Gasteiger partial charge in [-0.1, -0.05) is 0 Å². The molecule has 1 aromatic heterocycles. The molecule has 0 aliphatic carbocycles. The first-order chi connectivity index (χ1) is 9.90. The number of hydrogen-bond acceptors (Lipinski definition) is 4. The number of benzene rings is 1. The maximum absolute atomic E-state index is 11.1. The third-order valence-electron chi connectivity index (χ3n) is 3.15. The van der Waals surface area contributed by atoms with E-state index in [4.69, 9.17) is 14.6 Å². The molecule has 1 aromatic carbocycles. The zero-order chi connectivity index (χ0) is 15.7. The highest BCUT2D eigenvalue weighted by Gasteiger charge is 2.22. The minimum absolute atomic E-state index is 0.0177. The van der Waals surface area contributed by atoms with Crippen molar-refractivity contribution in [3.8, 4) is 22.8 Å². The first-order valence-electron chi connectivity index (χ1n) is 6.09. The van der Waals surface area contributed by atoms with Gasteiger partial charge in [0, 0.05) is 12.6 Å². The molecule has 2 rings (SSSR count). The minimum atomic E-state index is -1.07. The van der Waals surface area contributed by atoms with E-state index < -0.39 is 5.97 Å². The second-order valence-corrected chi connectivity index (χ2v) is 5.31. The van der Waals surface area contributed by atoms with Crippen LogP contribution in [0.4, 0.5) is 0 Å². The highest BCUT2D eigenvalue weighted by molar-refractivity contribution is 9.10. The highest BCUT2D eigenvalue weighted by Crippen LogP contribution is 2.45. The SMILES string of the molecule is COc1c(Br)cc(C)c(-c2cc(C(=O)O)nn2C)c1OC. The summed E-state index contributed by atoms with van der Waals surface area (Å²) in [6.07, 6.45) is 0. The van der Waals surface area contributed by atoms with Gasteiger partial charge in [0.05, 0.1) is 24.4 Å². The van der Waals surface area contributed by atoms with E-state index in [1.54, 1.807) is 21.3 Å². The van der Waals surface area contributed by atoms with Crippen LogP contribution >= 0.6 is 15.9 Å². The smallest absolute Gasteiger partial charge is 0.356 e. The summed E-state index contributed by atoms with van der Waals surface area (Å²) in [6.45, 7) is 1.91. The van der Waals surface area contributed by atoms with Crippen molar-refractivity contribution >= 4 is 21.9 Å². The van der Waals surface area contributed by atoms with Gasteiger partial charge in [-0.05, 0) is 40.5 Å². The number of ether oxygens (including phenoxy) is 2. The van der Waals surface area contributed by atoms with Gasteiger partial charge < -0.3 is 14.6 Å². The Morgan fingerprint density at radius 2 is 1.90 bits per heavy atom. The largest absolute Gasteiger partial charge is 0.492 e. The average molecular weight is 355 g/mol. The first kappa shape index (κ1) is 15.4. The lowest BCUT2D eigenvalue weighted by molar-refractivity contribution is 0.0689. The van der Waals surface area contributed by atoms with Crippen LogP contribution in [-0.4, -0.2) is 35.1 Å². The number of hydrogen-bond donors (Lipinski definition) is 1.